The maximum Gasteiger partial charge on any atom is 0.253 e. The van der Waals surface area contributed by atoms with E-state index in [4.69, 9.17) is 27.5 Å². The van der Waals surface area contributed by atoms with E-state index in [0.717, 1.165) is 16.7 Å². The molecule has 1 heterocycles. The molecule has 31 heavy (non-hydrogen) atoms. The van der Waals surface area contributed by atoms with Gasteiger partial charge in [0.1, 0.15) is 5.76 Å². The first-order valence-corrected chi connectivity index (χ1v) is 10.0. The van der Waals surface area contributed by atoms with Crippen molar-refractivity contribution in [3.05, 3.63) is 94.0 Å². The summed E-state index contributed by atoms with van der Waals surface area (Å²) in [6.07, 6.45) is 7.81. The number of nitrogen functional groups attached to an aromatic ring is 1. The zero-order chi connectivity index (χ0) is 23.0. The van der Waals surface area contributed by atoms with Gasteiger partial charge in [0.05, 0.1) is 24.9 Å². The van der Waals surface area contributed by atoms with Crippen molar-refractivity contribution >= 4 is 28.9 Å². The van der Waals surface area contributed by atoms with E-state index in [1.807, 2.05) is 26.0 Å². The summed E-state index contributed by atoms with van der Waals surface area (Å²) >= 11 is 5.97. The monoisotopic (exact) mass is 438 g/mol. The lowest BCUT2D eigenvalue weighted by Crippen LogP contribution is -2.30. The van der Waals surface area contributed by atoms with Gasteiger partial charge in [0, 0.05) is 28.7 Å². The number of pyridine rings is 1. The van der Waals surface area contributed by atoms with Gasteiger partial charge in [-0.15, -0.1) is 0 Å². The number of amides is 1. The van der Waals surface area contributed by atoms with Crippen LogP contribution in [0.5, 0.6) is 0 Å². The van der Waals surface area contributed by atoms with Crippen molar-refractivity contribution < 1.29 is 9.53 Å². The molecule has 0 saturated carbocycles. The van der Waals surface area contributed by atoms with Crippen LogP contribution >= 0.6 is 11.6 Å². The fraction of sp³-hybridized carbons (Fsp3) is 0.208. The highest BCUT2D eigenvalue weighted by Crippen LogP contribution is 2.18. The SMILES string of the molecule is C=C(OC)/C(C)=C/C=C(\C)Cc1cncc(C(=O)NCC(=N)c2cc(Cl)ccc2N)c1. The van der Waals surface area contributed by atoms with Crippen molar-refractivity contribution in [1.29, 1.82) is 5.41 Å². The van der Waals surface area contributed by atoms with Crippen LogP contribution in [0.25, 0.3) is 0 Å². The number of nitrogens with zero attached hydrogens (tertiary/aromatic N) is 1. The molecule has 7 heteroatoms. The summed E-state index contributed by atoms with van der Waals surface area (Å²) < 4.78 is 5.11. The van der Waals surface area contributed by atoms with E-state index in [2.05, 4.69) is 16.9 Å². The molecule has 0 aliphatic rings. The molecule has 0 spiro atoms. The average molecular weight is 439 g/mol. The van der Waals surface area contributed by atoms with Gasteiger partial charge in [0.25, 0.3) is 5.91 Å². The van der Waals surface area contributed by atoms with E-state index in [0.29, 0.717) is 34.0 Å². The number of nitrogens with two attached hydrogens (primary N) is 1. The minimum atomic E-state index is -0.312. The first-order valence-electron chi connectivity index (χ1n) is 9.63. The largest absolute Gasteiger partial charge is 0.497 e. The number of hydrogen-bond acceptors (Lipinski definition) is 5. The third-order valence-electron chi connectivity index (χ3n) is 4.61. The molecule has 4 N–H and O–H groups in total. The van der Waals surface area contributed by atoms with Crippen molar-refractivity contribution in [2.24, 2.45) is 0 Å². The average Bonchev–Trinajstić information content (AvgIpc) is 2.76. The second-order valence-electron chi connectivity index (χ2n) is 7.14. The number of benzene rings is 1. The Bertz CT molecular complexity index is 1060. The Morgan fingerprint density at radius 1 is 1.29 bits per heavy atom. The van der Waals surface area contributed by atoms with Gasteiger partial charge in [-0.25, -0.2) is 0 Å². The molecule has 1 aromatic heterocycles. The quantitative estimate of drug-likeness (QED) is 0.228. The number of ether oxygens (including phenoxy) is 1. The third kappa shape index (κ3) is 7.12. The van der Waals surface area contributed by atoms with E-state index in [1.54, 1.807) is 37.6 Å². The molecule has 0 atom stereocenters. The summed E-state index contributed by atoms with van der Waals surface area (Å²) in [5, 5.41) is 11.4. The molecule has 0 fully saturated rings. The maximum atomic E-state index is 12.5. The molecule has 0 unspecified atom stereocenters. The van der Waals surface area contributed by atoms with Gasteiger partial charge < -0.3 is 21.2 Å². The Labute approximate surface area is 188 Å². The number of methoxy groups -OCH3 is 1. The van der Waals surface area contributed by atoms with Gasteiger partial charge in [-0.3, -0.25) is 9.78 Å². The Morgan fingerprint density at radius 2 is 2.03 bits per heavy atom. The van der Waals surface area contributed by atoms with Crippen LogP contribution in [0.3, 0.4) is 0 Å². The van der Waals surface area contributed by atoms with Gasteiger partial charge in [0.2, 0.25) is 0 Å². The fourth-order valence-electron chi connectivity index (χ4n) is 2.77. The predicted molar refractivity (Wildman–Crippen MR) is 127 cm³/mol. The van der Waals surface area contributed by atoms with E-state index in [1.165, 1.54) is 6.20 Å². The number of halogens is 1. The summed E-state index contributed by atoms with van der Waals surface area (Å²) in [5.41, 5.74) is 10.4. The highest BCUT2D eigenvalue weighted by molar-refractivity contribution is 6.31. The first kappa shape index (κ1) is 23.9. The maximum absolute atomic E-state index is 12.5. The van der Waals surface area contributed by atoms with Gasteiger partial charge in [-0.05, 0) is 55.7 Å². The van der Waals surface area contributed by atoms with Crippen LogP contribution in [-0.2, 0) is 11.2 Å². The van der Waals surface area contributed by atoms with E-state index >= 15 is 0 Å². The minimum absolute atomic E-state index is 0.0278. The van der Waals surface area contributed by atoms with Crippen molar-refractivity contribution in [2.45, 2.75) is 20.3 Å². The smallest absolute Gasteiger partial charge is 0.253 e. The van der Waals surface area contributed by atoms with Crippen LogP contribution < -0.4 is 11.1 Å². The number of rotatable bonds is 9. The normalized spacial score (nSPS) is 11.7. The van der Waals surface area contributed by atoms with Crippen LogP contribution in [0.1, 0.15) is 35.3 Å². The summed E-state index contributed by atoms with van der Waals surface area (Å²) in [5.74, 6) is 0.308. The van der Waals surface area contributed by atoms with Crippen molar-refractivity contribution in [2.75, 3.05) is 19.4 Å². The molecule has 1 amide bonds. The Hall–Kier alpha value is -3.38. The van der Waals surface area contributed by atoms with E-state index < -0.39 is 0 Å². The molecule has 162 valence electrons. The predicted octanol–water partition coefficient (Wildman–Crippen LogP) is 4.71. The number of aromatic nitrogens is 1. The van der Waals surface area contributed by atoms with Gasteiger partial charge in [-0.2, -0.15) is 0 Å². The lowest BCUT2D eigenvalue weighted by atomic mass is 10.1. The van der Waals surface area contributed by atoms with Gasteiger partial charge in [-0.1, -0.05) is 35.9 Å². The Morgan fingerprint density at radius 3 is 2.74 bits per heavy atom. The minimum Gasteiger partial charge on any atom is -0.497 e. The molecule has 6 nitrogen and oxygen atoms in total. The molecule has 0 bridgehead atoms. The third-order valence-corrected chi connectivity index (χ3v) is 4.85. The summed E-state index contributed by atoms with van der Waals surface area (Å²) in [6.45, 7) is 7.78. The molecular weight excluding hydrogens is 412 g/mol. The van der Waals surface area contributed by atoms with Crippen molar-refractivity contribution in [1.82, 2.24) is 10.3 Å². The highest BCUT2D eigenvalue weighted by atomic mass is 35.5. The fourth-order valence-corrected chi connectivity index (χ4v) is 2.94. The summed E-state index contributed by atoms with van der Waals surface area (Å²) in [7, 11) is 1.59. The number of allylic oxidation sites excluding steroid dienone is 4. The molecule has 2 aromatic rings. The molecule has 0 aliphatic heterocycles. The number of carbonyl (C=O) groups excluding carboxylic acids is 1. The number of hydrogen-bond donors (Lipinski definition) is 3. The first-order chi connectivity index (χ1) is 14.7. The van der Waals surface area contributed by atoms with Crippen LogP contribution in [0.2, 0.25) is 5.02 Å². The summed E-state index contributed by atoms with van der Waals surface area (Å²) in [6, 6.07) is 6.70. The number of nitrogens with one attached hydrogen (secondary N) is 2. The zero-order valence-corrected chi connectivity index (χ0v) is 18.7. The molecule has 0 radical (unpaired) electrons. The van der Waals surface area contributed by atoms with Crippen LogP contribution in [0.15, 0.2) is 72.3 Å². The lowest BCUT2D eigenvalue weighted by Gasteiger charge is -2.10. The second-order valence-corrected chi connectivity index (χ2v) is 7.58. The molecule has 0 aliphatic carbocycles. The Balaban J connectivity index is 2.02. The lowest BCUT2D eigenvalue weighted by molar-refractivity contribution is 0.0959. The zero-order valence-electron chi connectivity index (χ0n) is 18.0. The van der Waals surface area contributed by atoms with E-state index in [-0.39, 0.29) is 18.2 Å². The van der Waals surface area contributed by atoms with Crippen LogP contribution in [0, 0.1) is 5.41 Å². The summed E-state index contributed by atoms with van der Waals surface area (Å²) in [4.78, 5) is 16.7. The van der Waals surface area contributed by atoms with Gasteiger partial charge in [0.15, 0.2) is 0 Å². The topological polar surface area (TPSA) is 101 Å². The van der Waals surface area contributed by atoms with Crippen molar-refractivity contribution in [3.63, 3.8) is 0 Å². The van der Waals surface area contributed by atoms with Crippen LogP contribution in [0.4, 0.5) is 5.69 Å². The van der Waals surface area contributed by atoms with Crippen molar-refractivity contribution in [3.8, 4) is 0 Å². The Kier molecular flexibility index (Phi) is 8.58. The molecule has 2 rings (SSSR count). The molecule has 1 aromatic carbocycles. The highest BCUT2D eigenvalue weighted by Gasteiger charge is 2.11. The number of anilines is 1. The molecular formula is C24H27ClN4O2. The second kappa shape index (κ2) is 11.1. The standard InChI is InChI=1S/C24H27ClN4O2/c1-15(5-6-16(2)17(3)31-4)9-18-10-19(13-28-12-18)24(30)29-14-23(27)21-11-20(25)7-8-22(21)26/h5-8,10-13,27H,3,9,14,26H2,1-2,4H3,(H,29,30)/b15-5+,16-6+,27-23?. The number of carbonyl (C=O) groups is 1. The van der Waals surface area contributed by atoms with Gasteiger partial charge >= 0.3 is 0 Å². The molecule has 0 saturated heterocycles. The van der Waals surface area contributed by atoms with Crippen LogP contribution in [-0.4, -0.2) is 30.3 Å². The van der Waals surface area contributed by atoms with E-state index in [9.17, 15) is 4.79 Å².